The van der Waals surface area contributed by atoms with Crippen LogP contribution in [0.5, 0.6) is 0 Å². The highest BCUT2D eigenvalue weighted by atomic mass is 32.2. The molecule has 2 heterocycles. The predicted octanol–water partition coefficient (Wildman–Crippen LogP) is -1.75. The van der Waals surface area contributed by atoms with Crippen molar-refractivity contribution in [1.82, 2.24) is 0 Å². The largest absolute Gasteiger partial charge is 0.550 e. The maximum atomic E-state index is 11.9. The fourth-order valence-electron chi connectivity index (χ4n) is 4.05. The van der Waals surface area contributed by atoms with Gasteiger partial charge in [0, 0.05) is 11.5 Å². The Kier molecular flexibility index (Phi) is 3.53. The number of sulfone groups is 1. The van der Waals surface area contributed by atoms with Crippen molar-refractivity contribution < 1.29 is 23.2 Å². The molecule has 1 aromatic carbocycles. The van der Waals surface area contributed by atoms with Gasteiger partial charge in [0.15, 0.2) is 9.84 Å². The zero-order valence-corrected chi connectivity index (χ0v) is 12.7. The third kappa shape index (κ3) is 2.58. The molecule has 0 spiro atoms. The van der Waals surface area contributed by atoms with Crippen LogP contribution in [0.1, 0.15) is 12.5 Å². The number of carbonyl (C=O) groups is 1. The Balaban J connectivity index is 1.91. The second kappa shape index (κ2) is 5.10. The summed E-state index contributed by atoms with van der Waals surface area (Å²) in [6.45, 7) is 2.55. The number of rotatable bonds is 3. The molecule has 5 nitrogen and oxygen atoms in total. The summed E-state index contributed by atoms with van der Waals surface area (Å²) in [7, 11) is -3.13. The lowest BCUT2D eigenvalue weighted by Gasteiger charge is -2.26. The minimum absolute atomic E-state index is 0.0149. The fraction of sp³-hybridized carbons (Fsp3) is 0.533. The molecule has 2 aliphatic heterocycles. The molecule has 0 radical (unpaired) electrons. The summed E-state index contributed by atoms with van der Waals surface area (Å²) < 4.78 is 23.8. The molecule has 21 heavy (non-hydrogen) atoms. The molecule has 1 unspecified atom stereocenters. The fourth-order valence-corrected chi connectivity index (χ4v) is 6.22. The Morgan fingerprint density at radius 1 is 1.29 bits per heavy atom. The standard InChI is InChI=1S/C15H19NO4S/c1-10-14(15(17)18)12-8-21(19,20)9-13(12)16(10)7-11-5-3-2-4-6-11/h2-6,10,12-14H,7-9H2,1H3,(H,17,18)/t10-,12+,13-,14-/m0/s1. The van der Waals surface area contributed by atoms with E-state index in [4.69, 9.17) is 0 Å². The number of carbonyl (C=O) groups excluding carboxylic acids is 1. The molecule has 2 fully saturated rings. The molecule has 114 valence electrons. The Bertz CT molecular complexity index is 643. The molecule has 1 aromatic rings. The van der Waals surface area contributed by atoms with Crippen LogP contribution < -0.4 is 10.0 Å². The van der Waals surface area contributed by atoms with Crippen molar-refractivity contribution in [3.63, 3.8) is 0 Å². The molecule has 0 aromatic heterocycles. The van der Waals surface area contributed by atoms with Gasteiger partial charge in [-0.15, -0.1) is 0 Å². The van der Waals surface area contributed by atoms with Gasteiger partial charge in [0.05, 0.1) is 23.7 Å². The summed E-state index contributed by atoms with van der Waals surface area (Å²) in [4.78, 5) is 12.5. The molecule has 0 bridgehead atoms. The highest BCUT2D eigenvalue weighted by Crippen LogP contribution is 2.31. The number of hydrogen-bond acceptors (Lipinski definition) is 4. The van der Waals surface area contributed by atoms with Crippen LogP contribution in [0.3, 0.4) is 0 Å². The predicted molar refractivity (Wildman–Crippen MR) is 75.0 cm³/mol. The van der Waals surface area contributed by atoms with Crippen LogP contribution in [0.25, 0.3) is 0 Å². The van der Waals surface area contributed by atoms with Crippen molar-refractivity contribution >= 4 is 15.8 Å². The van der Waals surface area contributed by atoms with E-state index in [9.17, 15) is 18.3 Å². The number of hydrogen-bond donors (Lipinski definition) is 1. The van der Waals surface area contributed by atoms with Gasteiger partial charge in [-0.25, -0.2) is 8.42 Å². The van der Waals surface area contributed by atoms with Crippen LogP contribution in [-0.2, 0) is 21.2 Å². The summed E-state index contributed by atoms with van der Waals surface area (Å²) in [5.74, 6) is -2.02. The van der Waals surface area contributed by atoms with Crippen molar-refractivity contribution in [1.29, 1.82) is 0 Å². The average molecular weight is 309 g/mol. The normalized spacial score (nSPS) is 37.3. The summed E-state index contributed by atoms with van der Waals surface area (Å²) in [6.07, 6.45) is 0. The number of quaternary nitrogens is 1. The average Bonchev–Trinajstić information content (AvgIpc) is 2.83. The van der Waals surface area contributed by atoms with Crippen molar-refractivity contribution in [2.24, 2.45) is 11.8 Å². The Hall–Kier alpha value is -1.40. The van der Waals surface area contributed by atoms with E-state index in [2.05, 4.69) is 0 Å². The first kappa shape index (κ1) is 14.5. The van der Waals surface area contributed by atoms with Crippen LogP contribution in [0.4, 0.5) is 0 Å². The van der Waals surface area contributed by atoms with Crippen molar-refractivity contribution in [3.8, 4) is 0 Å². The third-order valence-electron chi connectivity index (χ3n) is 4.98. The van der Waals surface area contributed by atoms with Gasteiger partial charge in [-0.05, 0) is 6.92 Å². The molecule has 2 saturated heterocycles. The number of aliphatic carboxylic acids is 1. The first-order chi connectivity index (χ1) is 9.89. The molecule has 6 heteroatoms. The molecule has 2 aliphatic rings. The van der Waals surface area contributed by atoms with Crippen LogP contribution in [0.2, 0.25) is 0 Å². The van der Waals surface area contributed by atoms with Crippen molar-refractivity contribution in [2.75, 3.05) is 11.5 Å². The highest BCUT2D eigenvalue weighted by molar-refractivity contribution is 7.91. The summed E-state index contributed by atoms with van der Waals surface area (Å²) >= 11 is 0. The number of carboxylic acids is 1. The second-order valence-corrected chi connectivity index (χ2v) is 8.37. The number of benzene rings is 1. The van der Waals surface area contributed by atoms with E-state index >= 15 is 0 Å². The zero-order valence-electron chi connectivity index (χ0n) is 11.9. The number of fused-ring (bicyclic) bond motifs is 1. The third-order valence-corrected chi connectivity index (χ3v) is 6.74. The van der Waals surface area contributed by atoms with Gasteiger partial charge in [0.25, 0.3) is 0 Å². The maximum Gasteiger partial charge on any atom is 0.156 e. The summed E-state index contributed by atoms with van der Waals surface area (Å²) in [5, 5.41) is 11.4. The van der Waals surface area contributed by atoms with Gasteiger partial charge in [-0.2, -0.15) is 0 Å². The van der Waals surface area contributed by atoms with Crippen LogP contribution in [0.15, 0.2) is 30.3 Å². The lowest BCUT2D eigenvalue weighted by atomic mass is 9.90. The van der Waals surface area contributed by atoms with E-state index in [1.165, 1.54) is 0 Å². The zero-order chi connectivity index (χ0) is 15.2. The van der Waals surface area contributed by atoms with Crippen molar-refractivity contribution in [3.05, 3.63) is 35.9 Å². The first-order valence-electron chi connectivity index (χ1n) is 7.20. The van der Waals surface area contributed by atoms with Gasteiger partial charge in [-0.3, -0.25) is 0 Å². The SMILES string of the molecule is C[C@H]1[C@H](C(=O)[O-])[C@@H]2CS(=O)(=O)C[C@@H]2[NH+]1Cc1ccccc1. The second-order valence-electron chi connectivity index (χ2n) is 6.22. The summed E-state index contributed by atoms with van der Waals surface area (Å²) in [6, 6.07) is 9.53. The van der Waals surface area contributed by atoms with Crippen LogP contribution in [-0.4, -0.2) is 38.0 Å². The number of nitrogens with one attached hydrogen (secondary N) is 1. The van der Waals surface area contributed by atoms with Crippen LogP contribution in [0, 0.1) is 11.8 Å². The quantitative estimate of drug-likeness (QED) is 0.718. The lowest BCUT2D eigenvalue weighted by Crippen LogP contribution is -3.16. The van der Waals surface area contributed by atoms with E-state index in [1.807, 2.05) is 37.3 Å². The van der Waals surface area contributed by atoms with E-state index in [1.54, 1.807) is 0 Å². The van der Waals surface area contributed by atoms with E-state index in [0.717, 1.165) is 10.5 Å². The topological polar surface area (TPSA) is 78.7 Å². The minimum Gasteiger partial charge on any atom is -0.550 e. The maximum absolute atomic E-state index is 11.9. The molecule has 1 N–H and O–H groups in total. The smallest absolute Gasteiger partial charge is 0.156 e. The molecular weight excluding hydrogens is 290 g/mol. The highest BCUT2D eigenvalue weighted by Gasteiger charge is 2.57. The molecule has 3 rings (SSSR count). The first-order valence-corrected chi connectivity index (χ1v) is 9.02. The Labute approximate surface area is 124 Å². The molecule has 0 aliphatic carbocycles. The Morgan fingerprint density at radius 3 is 2.57 bits per heavy atom. The van der Waals surface area contributed by atoms with Crippen LogP contribution >= 0.6 is 0 Å². The van der Waals surface area contributed by atoms with Gasteiger partial charge >= 0.3 is 0 Å². The van der Waals surface area contributed by atoms with Gasteiger partial charge in [-0.1, -0.05) is 30.3 Å². The van der Waals surface area contributed by atoms with Gasteiger partial charge in [0.2, 0.25) is 0 Å². The lowest BCUT2D eigenvalue weighted by molar-refractivity contribution is -0.947. The molecule has 0 amide bonds. The molecule has 5 atom stereocenters. The van der Waals surface area contributed by atoms with Gasteiger partial charge < -0.3 is 14.8 Å². The Morgan fingerprint density at radius 2 is 1.95 bits per heavy atom. The molecular formula is C15H19NO4S. The van der Waals surface area contributed by atoms with E-state index in [-0.39, 0.29) is 29.5 Å². The minimum atomic E-state index is -3.13. The van der Waals surface area contributed by atoms with Gasteiger partial charge in [0.1, 0.15) is 18.3 Å². The van der Waals surface area contributed by atoms with Crippen molar-refractivity contribution in [2.45, 2.75) is 25.6 Å². The monoisotopic (exact) mass is 309 g/mol. The van der Waals surface area contributed by atoms with E-state index < -0.39 is 21.7 Å². The number of carboxylic acid groups (broad SMARTS) is 1. The molecule has 0 saturated carbocycles. The van der Waals surface area contributed by atoms with E-state index in [0.29, 0.717) is 6.54 Å². The number of likely N-dealkylation sites (tertiary alicyclic amines) is 1. The summed E-state index contributed by atoms with van der Waals surface area (Å²) in [5.41, 5.74) is 1.10.